The lowest BCUT2D eigenvalue weighted by Gasteiger charge is -2.06. The molecule has 1 heterocycles. The highest BCUT2D eigenvalue weighted by molar-refractivity contribution is 7.91. The minimum absolute atomic E-state index is 0.0440. The number of aryl methyl sites for hydroxylation is 1. The highest BCUT2D eigenvalue weighted by atomic mass is 32.2. The van der Waals surface area contributed by atoms with E-state index in [-0.39, 0.29) is 23.0 Å². The molecule has 0 aliphatic rings. The van der Waals surface area contributed by atoms with Gasteiger partial charge in [0.15, 0.2) is 15.7 Å². The number of hydrogen-bond acceptors (Lipinski definition) is 5. The largest absolute Gasteiger partial charge is 0.409 e. The van der Waals surface area contributed by atoms with Crippen LogP contribution in [0, 0.1) is 0 Å². The third-order valence-electron chi connectivity index (χ3n) is 2.77. The molecule has 0 aliphatic heterocycles. The molecule has 2 aromatic rings. The van der Waals surface area contributed by atoms with Crippen molar-refractivity contribution < 1.29 is 13.6 Å². The number of oxime groups is 1. The second-order valence-electron chi connectivity index (χ2n) is 4.10. The molecule has 8 heteroatoms. The van der Waals surface area contributed by atoms with E-state index in [1.165, 1.54) is 24.3 Å². The van der Waals surface area contributed by atoms with Gasteiger partial charge in [-0.05, 0) is 30.3 Å². The first kappa shape index (κ1) is 14.1. The molecule has 0 unspecified atom stereocenters. The summed E-state index contributed by atoms with van der Waals surface area (Å²) in [4.78, 5) is 0.194. The van der Waals surface area contributed by atoms with Crippen LogP contribution in [0.1, 0.15) is 5.56 Å². The molecule has 0 saturated carbocycles. The van der Waals surface area contributed by atoms with E-state index >= 15 is 0 Å². The zero-order chi connectivity index (χ0) is 14.6. The van der Waals surface area contributed by atoms with Gasteiger partial charge in [-0.25, -0.2) is 8.42 Å². The van der Waals surface area contributed by atoms with Gasteiger partial charge in [0.1, 0.15) is 0 Å². The van der Waals surface area contributed by atoms with E-state index in [0.717, 1.165) is 0 Å². The topological polar surface area (TPSA) is 111 Å². The van der Waals surface area contributed by atoms with Crippen LogP contribution in [0.5, 0.6) is 0 Å². The molecule has 0 amide bonds. The van der Waals surface area contributed by atoms with Crippen molar-refractivity contribution >= 4 is 15.7 Å². The average molecular weight is 294 g/mol. The van der Waals surface area contributed by atoms with Crippen LogP contribution in [0.4, 0.5) is 0 Å². The van der Waals surface area contributed by atoms with Gasteiger partial charge in [-0.1, -0.05) is 5.16 Å². The number of aromatic nitrogens is 2. The van der Waals surface area contributed by atoms with Crippen molar-refractivity contribution in [2.24, 2.45) is 10.9 Å². The van der Waals surface area contributed by atoms with Gasteiger partial charge >= 0.3 is 0 Å². The van der Waals surface area contributed by atoms with Crippen LogP contribution < -0.4 is 5.73 Å². The number of nitrogens with zero attached hydrogens (tertiary/aromatic N) is 3. The normalized spacial score (nSPS) is 12.5. The molecular formula is C12H14N4O3S. The first-order valence-corrected chi connectivity index (χ1v) is 7.46. The minimum Gasteiger partial charge on any atom is -0.409 e. The van der Waals surface area contributed by atoms with Gasteiger partial charge < -0.3 is 10.9 Å². The summed E-state index contributed by atoms with van der Waals surface area (Å²) in [5, 5.41) is 15.3. The third kappa shape index (κ3) is 3.15. The third-order valence-corrected chi connectivity index (χ3v) is 4.48. The smallest absolute Gasteiger partial charge is 0.180 e. The molecule has 20 heavy (non-hydrogen) atoms. The number of sulfone groups is 1. The molecule has 0 fully saturated rings. The van der Waals surface area contributed by atoms with E-state index in [9.17, 15) is 8.42 Å². The quantitative estimate of drug-likeness (QED) is 0.360. The standard InChI is InChI=1S/C12H14N4O3S/c13-12(15-17)10-2-4-11(5-3-10)20(18,19)9-8-16-7-1-6-14-16/h1-7,17H,8-9H2,(H2,13,15). The van der Waals surface area contributed by atoms with Crippen molar-refractivity contribution in [3.05, 3.63) is 48.3 Å². The van der Waals surface area contributed by atoms with E-state index in [2.05, 4.69) is 10.3 Å². The van der Waals surface area contributed by atoms with Crippen LogP contribution in [0.25, 0.3) is 0 Å². The maximum absolute atomic E-state index is 12.1. The number of benzene rings is 1. The molecule has 0 atom stereocenters. The van der Waals surface area contributed by atoms with Crippen LogP contribution >= 0.6 is 0 Å². The zero-order valence-electron chi connectivity index (χ0n) is 10.5. The van der Waals surface area contributed by atoms with E-state index in [1.54, 1.807) is 23.1 Å². The van der Waals surface area contributed by atoms with Crippen molar-refractivity contribution in [1.82, 2.24) is 9.78 Å². The van der Waals surface area contributed by atoms with Crippen molar-refractivity contribution in [3.63, 3.8) is 0 Å². The van der Waals surface area contributed by atoms with Crippen LogP contribution in [0.15, 0.2) is 52.8 Å². The second kappa shape index (κ2) is 5.74. The first-order valence-electron chi connectivity index (χ1n) is 5.81. The summed E-state index contributed by atoms with van der Waals surface area (Å²) in [5.41, 5.74) is 5.87. The molecule has 2 rings (SSSR count). The summed E-state index contributed by atoms with van der Waals surface area (Å²) in [6, 6.07) is 7.60. The van der Waals surface area contributed by atoms with Gasteiger partial charge in [-0.15, -0.1) is 0 Å². The monoisotopic (exact) mass is 294 g/mol. The van der Waals surface area contributed by atoms with E-state index in [4.69, 9.17) is 10.9 Å². The lowest BCUT2D eigenvalue weighted by atomic mass is 10.2. The van der Waals surface area contributed by atoms with Gasteiger partial charge in [-0.2, -0.15) is 5.10 Å². The lowest BCUT2D eigenvalue weighted by molar-refractivity contribution is 0.318. The highest BCUT2D eigenvalue weighted by Gasteiger charge is 2.14. The van der Waals surface area contributed by atoms with Crippen molar-refractivity contribution in [2.45, 2.75) is 11.4 Å². The SMILES string of the molecule is N/C(=N/O)c1ccc(S(=O)(=O)CCn2cccn2)cc1. The average Bonchev–Trinajstić information content (AvgIpc) is 2.98. The predicted octanol–water partition coefficient (Wildman–Crippen LogP) is 0.451. The summed E-state index contributed by atoms with van der Waals surface area (Å²) in [6.45, 7) is 0.289. The first-order chi connectivity index (χ1) is 9.53. The number of amidine groups is 1. The molecule has 106 valence electrons. The molecule has 0 radical (unpaired) electrons. The minimum atomic E-state index is -3.39. The van der Waals surface area contributed by atoms with Crippen molar-refractivity contribution in [2.75, 3.05) is 5.75 Å². The Hall–Kier alpha value is -2.35. The van der Waals surface area contributed by atoms with Gasteiger partial charge in [0.2, 0.25) is 0 Å². The number of rotatable bonds is 5. The van der Waals surface area contributed by atoms with Crippen LogP contribution in [0.2, 0.25) is 0 Å². The molecule has 1 aromatic heterocycles. The molecule has 3 N–H and O–H groups in total. The summed E-state index contributed by atoms with van der Waals surface area (Å²) in [7, 11) is -3.39. The Morgan fingerprint density at radius 3 is 2.60 bits per heavy atom. The van der Waals surface area contributed by atoms with Gasteiger partial charge in [0, 0.05) is 18.0 Å². The van der Waals surface area contributed by atoms with Gasteiger partial charge in [0.25, 0.3) is 0 Å². The fourth-order valence-corrected chi connectivity index (χ4v) is 2.87. The zero-order valence-corrected chi connectivity index (χ0v) is 11.4. The highest BCUT2D eigenvalue weighted by Crippen LogP contribution is 2.13. The summed E-state index contributed by atoms with van der Waals surface area (Å²) < 4.78 is 25.8. The van der Waals surface area contributed by atoms with E-state index in [1.807, 2.05) is 0 Å². The molecular weight excluding hydrogens is 280 g/mol. The Balaban J connectivity index is 2.13. The van der Waals surface area contributed by atoms with Gasteiger partial charge in [0.05, 0.1) is 17.2 Å². The fraction of sp³-hybridized carbons (Fsp3) is 0.167. The Labute approximate surface area is 116 Å². The van der Waals surface area contributed by atoms with Crippen LogP contribution in [0.3, 0.4) is 0 Å². The molecule has 0 aliphatic carbocycles. The number of nitrogens with two attached hydrogens (primary N) is 1. The Kier molecular flexibility index (Phi) is 4.04. The number of hydrogen-bond donors (Lipinski definition) is 2. The Bertz CT molecular complexity index is 691. The Morgan fingerprint density at radius 2 is 2.05 bits per heavy atom. The molecule has 0 bridgehead atoms. The van der Waals surface area contributed by atoms with Gasteiger partial charge in [-0.3, -0.25) is 4.68 Å². The summed E-state index contributed by atoms with van der Waals surface area (Å²) >= 11 is 0. The van der Waals surface area contributed by atoms with Crippen molar-refractivity contribution in [1.29, 1.82) is 0 Å². The lowest BCUT2D eigenvalue weighted by Crippen LogP contribution is -2.15. The second-order valence-corrected chi connectivity index (χ2v) is 6.21. The van der Waals surface area contributed by atoms with E-state index < -0.39 is 9.84 Å². The molecule has 0 spiro atoms. The molecule has 0 saturated heterocycles. The van der Waals surface area contributed by atoms with Crippen molar-refractivity contribution in [3.8, 4) is 0 Å². The molecule has 7 nitrogen and oxygen atoms in total. The maximum atomic E-state index is 12.1. The Morgan fingerprint density at radius 1 is 1.35 bits per heavy atom. The van der Waals surface area contributed by atoms with Crippen LogP contribution in [-0.2, 0) is 16.4 Å². The fourth-order valence-electron chi connectivity index (χ4n) is 1.66. The predicted molar refractivity (Wildman–Crippen MR) is 73.2 cm³/mol. The maximum Gasteiger partial charge on any atom is 0.180 e. The molecule has 1 aromatic carbocycles. The summed E-state index contributed by atoms with van der Waals surface area (Å²) in [5.74, 6) is -0.108. The van der Waals surface area contributed by atoms with E-state index in [0.29, 0.717) is 5.56 Å². The summed E-state index contributed by atoms with van der Waals surface area (Å²) in [6.07, 6.45) is 3.30. The van der Waals surface area contributed by atoms with Crippen LogP contribution in [-0.4, -0.2) is 35.0 Å².